The number of halogens is 1. The van der Waals surface area contributed by atoms with E-state index in [-0.39, 0.29) is 0 Å². The maximum absolute atomic E-state index is 8.80. The van der Waals surface area contributed by atoms with Crippen molar-refractivity contribution in [2.45, 2.75) is 6.42 Å². The fourth-order valence-corrected chi connectivity index (χ4v) is 0.910. The van der Waals surface area contributed by atoms with Crippen molar-refractivity contribution in [2.24, 2.45) is 0 Å². The van der Waals surface area contributed by atoms with Crippen molar-refractivity contribution in [1.29, 1.82) is 0 Å². The second-order valence-electron chi connectivity index (χ2n) is 2.72. The molecule has 16 heavy (non-hydrogen) atoms. The summed E-state index contributed by atoms with van der Waals surface area (Å²) in [4.78, 5) is 0. The Kier molecular flexibility index (Phi) is 10.2. The zero-order chi connectivity index (χ0) is 12.2. The molecule has 0 aliphatic carbocycles. The lowest BCUT2D eigenvalue weighted by atomic mass is 10.3. The summed E-state index contributed by atoms with van der Waals surface area (Å²) in [5.41, 5.74) is 0. The molecule has 1 aromatic rings. The van der Waals surface area contributed by atoms with Crippen LogP contribution in [-0.2, 0) is 14.7 Å². The van der Waals surface area contributed by atoms with Crippen LogP contribution in [0.2, 0.25) is 0 Å². The maximum Gasteiger partial charge on any atom is 0.222 e. The average Bonchev–Trinajstić information content (AvgIpc) is 2.25. The molecule has 0 saturated heterocycles. The molecule has 0 heterocycles. The largest absolute Gasteiger partial charge is 0.494 e. The smallest absolute Gasteiger partial charge is 0.222 e. The Morgan fingerprint density at radius 2 is 1.75 bits per heavy atom. The SMILES string of the molecule is COCCCOc1ccccc1.O=[SH](=O)Cl. The quantitative estimate of drug-likeness (QED) is 0.502. The zero-order valence-electron chi connectivity index (χ0n) is 8.97. The Hall–Kier alpha value is -0.780. The van der Waals surface area contributed by atoms with Crippen LogP contribution in [0.5, 0.6) is 5.75 Å². The number of para-hydroxylation sites is 1. The van der Waals surface area contributed by atoms with E-state index < -0.39 is 9.92 Å². The van der Waals surface area contributed by atoms with E-state index >= 15 is 0 Å². The third-order valence-electron chi connectivity index (χ3n) is 1.50. The maximum atomic E-state index is 8.80. The first-order valence-corrected chi connectivity index (χ1v) is 6.72. The van der Waals surface area contributed by atoms with E-state index in [1.807, 2.05) is 30.3 Å². The van der Waals surface area contributed by atoms with Crippen molar-refractivity contribution < 1.29 is 17.9 Å². The zero-order valence-corrected chi connectivity index (χ0v) is 10.6. The van der Waals surface area contributed by atoms with Crippen LogP contribution in [-0.4, -0.2) is 28.7 Å². The molecule has 0 amide bonds. The monoisotopic (exact) mass is 266 g/mol. The van der Waals surface area contributed by atoms with Gasteiger partial charge in [0.25, 0.3) is 0 Å². The lowest BCUT2D eigenvalue weighted by molar-refractivity contribution is 0.172. The first-order chi connectivity index (χ1) is 7.66. The molecule has 92 valence electrons. The van der Waals surface area contributed by atoms with Crippen LogP contribution >= 0.6 is 10.7 Å². The van der Waals surface area contributed by atoms with E-state index in [1.165, 1.54) is 0 Å². The second kappa shape index (κ2) is 10.7. The van der Waals surface area contributed by atoms with Crippen LogP contribution in [0, 0.1) is 0 Å². The molecule has 0 atom stereocenters. The molecule has 0 aliphatic rings. The second-order valence-corrected chi connectivity index (χ2v) is 3.97. The minimum absolute atomic E-state index is 0.720. The van der Waals surface area contributed by atoms with Gasteiger partial charge in [0.15, 0.2) is 0 Å². The first kappa shape index (κ1) is 15.2. The number of thiol groups is 1. The van der Waals surface area contributed by atoms with Crippen molar-refractivity contribution in [3.05, 3.63) is 30.3 Å². The third kappa shape index (κ3) is 11.3. The highest BCUT2D eigenvalue weighted by Gasteiger charge is 1.90. The molecule has 4 nitrogen and oxygen atoms in total. The molecule has 0 spiro atoms. The van der Waals surface area contributed by atoms with Gasteiger partial charge in [0.2, 0.25) is 9.92 Å². The molecule has 0 radical (unpaired) electrons. The normalized spacial score (nSPS) is 9.44. The Bertz CT molecular complexity index is 319. The number of ether oxygens (including phenoxy) is 2. The summed E-state index contributed by atoms with van der Waals surface area (Å²) < 4.78 is 27.9. The molecule has 0 bridgehead atoms. The minimum Gasteiger partial charge on any atom is -0.494 e. The molecule has 6 heteroatoms. The molecular weight excluding hydrogens is 252 g/mol. The molecule has 1 rings (SSSR count). The predicted octanol–water partition coefficient (Wildman–Crippen LogP) is 1.85. The Balaban J connectivity index is 0.000000487. The average molecular weight is 267 g/mol. The molecule has 0 aliphatic heterocycles. The number of hydrogen-bond donors (Lipinski definition) is 1. The van der Waals surface area contributed by atoms with Gasteiger partial charge in [-0.3, -0.25) is 0 Å². The minimum atomic E-state index is -2.65. The summed E-state index contributed by atoms with van der Waals surface area (Å²) in [6.07, 6.45) is 0.936. The number of methoxy groups -OCH3 is 1. The van der Waals surface area contributed by atoms with E-state index in [0.29, 0.717) is 0 Å². The van der Waals surface area contributed by atoms with Crippen molar-refractivity contribution in [1.82, 2.24) is 0 Å². The van der Waals surface area contributed by atoms with Crippen LogP contribution in [0.25, 0.3) is 0 Å². The summed E-state index contributed by atoms with van der Waals surface area (Å²) in [5.74, 6) is 0.925. The standard InChI is InChI=1S/C10H14O2.ClHO2S/c1-11-8-5-9-12-10-6-3-2-4-7-10;1-4(2)3/h2-4,6-7H,5,8-9H2,1H3;4H. The molecule has 0 N–H and O–H groups in total. The summed E-state index contributed by atoms with van der Waals surface area (Å²) >= 11 is 0. The van der Waals surface area contributed by atoms with Crippen molar-refractivity contribution in [2.75, 3.05) is 20.3 Å². The van der Waals surface area contributed by atoms with E-state index in [4.69, 9.17) is 17.9 Å². The molecule has 0 saturated carbocycles. The van der Waals surface area contributed by atoms with Gasteiger partial charge < -0.3 is 9.47 Å². The van der Waals surface area contributed by atoms with Crippen molar-refractivity contribution >= 4 is 20.6 Å². The molecule has 0 aromatic heterocycles. The lowest BCUT2D eigenvalue weighted by Crippen LogP contribution is -2.00. The number of rotatable bonds is 5. The highest BCUT2D eigenvalue weighted by molar-refractivity contribution is 7.98. The lowest BCUT2D eigenvalue weighted by Gasteiger charge is -2.04. The van der Waals surface area contributed by atoms with Crippen LogP contribution in [0.15, 0.2) is 30.3 Å². The van der Waals surface area contributed by atoms with Gasteiger partial charge in [-0.1, -0.05) is 18.2 Å². The van der Waals surface area contributed by atoms with Crippen LogP contribution in [0.4, 0.5) is 0 Å². The fourth-order valence-electron chi connectivity index (χ4n) is 0.910. The van der Waals surface area contributed by atoms with Gasteiger partial charge in [0.1, 0.15) is 5.75 Å². The molecular formula is C10H15ClO4S. The number of hydrogen-bond acceptors (Lipinski definition) is 4. The topological polar surface area (TPSA) is 52.6 Å². The van der Waals surface area contributed by atoms with Crippen LogP contribution < -0.4 is 4.74 Å². The van der Waals surface area contributed by atoms with Gasteiger partial charge in [0, 0.05) is 30.8 Å². The van der Waals surface area contributed by atoms with Gasteiger partial charge in [-0.05, 0) is 12.1 Å². The third-order valence-corrected chi connectivity index (χ3v) is 1.50. The van der Waals surface area contributed by atoms with Crippen molar-refractivity contribution in [3.63, 3.8) is 0 Å². The first-order valence-electron chi connectivity index (χ1n) is 4.63. The summed E-state index contributed by atoms with van der Waals surface area (Å²) in [5, 5.41) is 0. The molecule has 1 aromatic carbocycles. The Morgan fingerprint density at radius 1 is 1.19 bits per heavy atom. The van der Waals surface area contributed by atoms with Gasteiger partial charge in [-0.2, -0.15) is 0 Å². The Labute approximate surface area is 102 Å². The van der Waals surface area contributed by atoms with E-state index in [2.05, 4.69) is 10.7 Å². The summed E-state index contributed by atoms with van der Waals surface area (Å²) in [6.45, 7) is 1.48. The van der Waals surface area contributed by atoms with E-state index in [9.17, 15) is 0 Å². The van der Waals surface area contributed by atoms with Crippen LogP contribution in [0.1, 0.15) is 6.42 Å². The summed E-state index contributed by atoms with van der Waals surface area (Å²) in [6, 6.07) is 9.80. The van der Waals surface area contributed by atoms with Gasteiger partial charge in [-0.15, -0.1) is 0 Å². The highest BCUT2D eigenvalue weighted by Crippen LogP contribution is 2.07. The van der Waals surface area contributed by atoms with E-state index in [0.717, 1.165) is 25.4 Å². The highest BCUT2D eigenvalue weighted by atomic mass is 35.7. The Morgan fingerprint density at radius 3 is 2.25 bits per heavy atom. The predicted molar refractivity (Wildman–Crippen MR) is 64.6 cm³/mol. The van der Waals surface area contributed by atoms with E-state index in [1.54, 1.807) is 7.11 Å². The van der Waals surface area contributed by atoms with Crippen molar-refractivity contribution in [3.8, 4) is 5.75 Å². The van der Waals surface area contributed by atoms with Gasteiger partial charge in [0.05, 0.1) is 6.61 Å². The summed E-state index contributed by atoms with van der Waals surface area (Å²) in [7, 11) is 3.28. The molecule has 0 unspecified atom stereocenters. The number of benzene rings is 1. The van der Waals surface area contributed by atoms with Gasteiger partial charge in [-0.25, -0.2) is 8.42 Å². The van der Waals surface area contributed by atoms with Gasteiger partial charge >= 0.3 is 0 Å². The molecule has 0 fully saturated rings. The fraction of sp³-hybridized carbons (Fsp3) is 0.400. The van der Waals surface area contributed by atoms with Crippen LogP contribution in [0.3, 0.4) is 0 Å².